The zero-order valence-electron chi connectivity index (χ0n) is 17.3. The summed E-state index contributed by atoms with van der Waals surface area (Å²) >= 11 is 0. The normalized spacial score (nSPS) is 23.4. The molecular weight excluding hydrogens is 364 g/mol. The van der Waals surface area contributed by atoms with Crippen molar-refractivity contribution in [1.82, 2.24) is 0 Å². The lowest BCUT2D eigenvalue weighted by Crippen LogP contribution is -2.63. The molecule has 0 saturated carbocycles. The molecule has 7 heteroatoms. The van der Waals surface area contributed by atoms with E-state index in [1.54, 1.807) is 20.8 Å². The highest BCUT2D eigenvalue weighted by Gasteiger charge is 2.49. The van der Waals surface area contributed by atoms with Gasteiger partial charge in [-0.2, -0.15) is 0 Å². The highest BCUT2D eigenvalue weighted by atomic mass is 29.3. The first kappa shape index (κ1) is 22.9. The summed E-state index contributed by atoms with van der Waals surface area (Å²) in [4.78, 5) is 23.9. The van der Waals surface area contributed by atoms with E-state index >= 15 is 0 Å². The van der Waals surface area contributed by atoms with Crippen LogP contribution in [0.4, 0.5) is 0 Å². The van der Waals surface area contributed by atoms with E-state index in [2.05, 4.69) is 39.3 Å². The number of carbonyl (C=O) groups excluding carboxylic acids is 2. The first-order chi connectivity index (χ1) is 11.8. The molecule has 0 spiro atoms. The van der Waals surface area contributed by atoms with Crippen LogP contribution in [0.25, 0.3) is 0 Å². The minimum Gasteiger partial charge on any atom is -0.459 e. The van der Waals surface area contributed by atoms with Gasteiger partial charge in [-0.05, 0) is 40.3 Å². The van der Waals surface area contributed by atoms with Crippen molar-refractivity contribution in [2.24, 2.45) is 0 Å². The fourth-order valence-electron chi connectivity index (χ4n) is 2.84. The van der Waals surface area contributed by atoms with E-state index in [0.717, 1.165) is 12.5 Å². The summed E-state index contributed by atoms with van der Waals surface area (Å²) in [5.41, 5.74) is 0.700. The monoisotopic (exact) mass is 398 g/mol. The average molecular weight is 399 g/mol. The number of hydrogen-bond donors (Lipinski definition) is 0. The summed E-state index contributed by atoms with van der Waals surface area (Å²) < 4.78 is 17.6. The molecule has 5 nitrogen and oxygen atoms in total. The Morgan fingerprint density at radius 1 is 1.08 bits per heavy atom. The molecule has 0 aromatic rings. The Morgan fingerprint density at radius 2 is 1.58 bits per heavy atom. The minimum absolute atomic E-state index is 0.161. The second-order valence-electron chi connectivity index (χ2n) is 8.55. The van der Waals surface area contributed by atoms with Crippen LogP contribution in [0.15, 0.2) is 24.3 Å². The lowest BCUT2D eigenvalue weighted by Gasteiger charge is -2.47. The lowest BCUT2D eigenvalue weighted by molar-refractivity contribution is -0.155. The molecule has 1 saturated heterocycles. The van der Waals surface area contributed by atoms with E-state index in [1.807, 2.05) is 0 Å². The summed E-state index contributed by atoms with van der Waals surface area (Å²) in [6.07, 6.45) is 0.248. The van der Waals surface area contributed by atoms with Crippen molar-refractivity contribution < 1.29 is 23.5 Å². The summed E-state index contributed by atoms with van der Waals surface area (Å²) in [6, 6.07) is 1.15. The van der Waals surface area contributed by atoms with E-state index < -0.39 is 39.6 Å². The molecule has 1 rings (SSSR count). The first-order valence-electron chi connectivity index (χ1n) is 9.17. The molecule has 0 radical (unpaired) electrons. The maximum atomic E-state index is 12.1. The lowest BCUT2D eigenvalue weighted by atomic mass is 10.0. The topological polar surface area (TPSA) is 61.8 Å². The van der Waals surface area contributed by atoms with Crippen LogP contribution in [-0.4, -0.2) is 45.7 Å². The fourth-order valence-corrected chi connectivity index (χ4v) is 9.44. The summed E-state index contributed by atoms with van der Waals surface area (Å²) in [7, 11) is -3.21. The number of esters is 2. The van der Waals surface area contributed by atoms with E-state index in [1.165, 1.54) is 0 Å². The Hall–Kier alpha value is -1.19. The van der Waals surface area contributed by atoms with Gasteiger partial charge in [-0.15, -0.1) is 0 Å². The molecule has 1 heterocycles. The van der Waals surface area contributed by atoms with Crippen LogP contribution in [0.5, 0.6) is 0 Å². The van der Waals surface area contributed by atoms with Crippen LogP contribution < -0.4 is 0 Å². The van der Waals surface area contributed by atoms with Crippen molar-refractivity contribution >= 4 is 27.4 Å². The fraction of sp³-hybridized carbons (Fsp3) is 0.684. The average Bonchev–Trinajstić information content (AvgIpc) is 2.48. The molecule has 3 atom stereocenters. The summed E-state index contributed by atoms with van der Waals surface area (Å²) in [5.74, 6) is -0.867. The summed E-state index contributed by atoms with van der Waals surface area (Å²) in [5, 5.41) is 0. The van der Waals surface area contributed by atoms with Crippen LogP contribution in [0, 0.1) is 0 Å². The maximum Gasteiger partial charge on any atom is 0.333 e. The third-order valence-corrected chi connectivity index (χ3v) is 21.9. The molecule has 3 unspecified atom stereocenters. The Labute approximate surface area is 159 Å². The van der Waals surface area contributed by atoms with E-state index in [4.69, 9.17) is 13.9 Å². The van der Waals surface area contributed by atoms with Crippen molar-refractivity contribution in [3.8, 4) is 0 Å². The number of carbonyl (C=O) groups is 2. The second-order valence-corrected chi connectivity index (χ2v) is 23.7. The number of ether oxygens (including phenoxy) is 2. The van der Waals surface area contributed by atoms with Crippen LogP contribution in [-0.2, 0) is 23.5 Å². The van der Waals surface area contributed by atoms with E-state index in [-0.39, 0.29) is 6.10 Å². The molecule has 0 aliphatic carbocycles. The molecule has 26 heavy (non-hydrogen) atoms. The SMILES string of the molecule is C=C(C)C(=O)OC(C)CC(OC(=O)C(=C)C)C1CC[Si](C)(C)[Si](C)(C)O1. The Bertz CT molecular complexity index is 582. The predicted molar refractivity (Wildman–Crippen MR) is 109 cm³/mol. The molecule has 1 aliphatic rings. The predicted octanol–water partition coefficient (Wildman–Crippen LogP) is 4.15. The van der Waals surface area contributed by atoms with Crippen molar-refractivity contribution in [2.45, 2.75) is 84.2 Å². The highest BCUT2D eigenvalue weighted by Crippen LogP contribution is 2.36. The van der Waals surface area contributed by atoms with Gasteiger partial charge in [0.05, 0.1) is 13.7 Å². The second kappa shape index (κ2) is 8.67. The molecule has 0 aromatic heterocycles. The standard InChI is InChI=1S/C19H34O5Si2/c1-13(2)18(20)22-15(5)12-17(23-19(21)14(3)4)16-10-11-25(6,7)26(8,9)24-16/h15-17H,1,3,10-12H2,2,4-9H3. The van der Waals surface area contributed by atoms with Gasteiger partial charge in [-0.3, -0.25) is 0 Å². The third kappa shape index (κ3) is 5.92. The van der Waals surface area contributed by atoms with Gasteiger partial charge in [0.25, 0.3) is 0 Å². The summed E-state index contributed by atoms with van der Waals surface area (Å²) in [6.45, 7) is 21.6. The highest BCUT2D eigenvalue weighted by molar-refractivity contribution is 7.38. The van der Waals surface area contributed by atoms with Gasteiger partial charge in [-0.1, -0.05) is 32.3 Å². The van der Waals surface area contributed by atoms with Crippen LogP contribution in [0.3, 0.4) is 0 Å². The van der Waals surface area contributed by atoms with E-state index in [9.17, 15) is 9.59 Å². The van der Waals surface area contributed by atoms with Gasteiger partial charge in [0, 0.05) is 17.6 Å². The molecule has 1 fully saturated rings. The van der Waals surface area contributed by atoms with Crippen LogP contribution in [0.2, 0.25) is 32.2 Å². The van der Waals surface area contributed by atoms with Crippen LogP contribution >= 0.6 is 0 Å². The quantitative estimate of drug-likeness (QED) is 0.366. The Balaban J connectivity index is 2.92. The molecule has 0 N–H and O–H groups in total. The van der Waals surface area contributed by atoms with Gasteiger partial charge in [-0.25, -0.2) is 9.59 Å². The number of hydrogen-bond acceptors (Lipinski definition) is 5. The molecular formula is C19H34O5Si2. The van der Waals surface area contributed by atoms with E-state index in [0.29, 0.717) is 17.6 Å². The first-order valence-corrected chi connectivity index (χ1v) is 16.3. The smallest absolute Gasteiger partial charge is 0.333 e. The third-order valence-electron chi connectivity index (χ3n) is 5.37. The van der Waals surface area contributed by atoms with Crippen LogP contribution in [0.1, 0.15) is 33.6 Å². The Morgan fingerprint density at radius 3 is 2.04 bits per heavy atom. The van der Waals surface area contributed by atoms with Gasteiger partial charge in [0.1, 0.15) is 12.2 Å². The molecule has 0 bridgehead atoms. The minimum atomic E-state index is -1.82. The van der Waals surface area contributed by atoms with Crippen molar-refractivity contribution in [3.63, 3.8) is 0 Å². The Kier molecular flexibility index (Phi) is 7.62. The number of rotatable bonds is 7. The molecule has 1 aliphatic heterocycles. The van der Waals surface area contributed by atoms with Crippen molar-refractivity contribution in [1.29, 1.82) is 0 Å². The van der Waals surface area contributed by atoms with Gasteiger partial charge in [0.15, 0.2) is 7.83 Å². The molecule has 0 aromatic carbocycles. The molecule has 148 valence electrons. The zero-order valence-corrected chi connectivity index (χ0v) is 19.3. The van der Waals surface area contributed by atoms with Crippen molar-refractivity contribution in [3.05, 3.63) is 24.3 Å². The largest absolute Gasteiger partial charge is 0.459 e. The van der Waals surface area contributed by atoms with Gasteiger partial charge in [0.2, 0.25) is 0 Å². The molecule has 0 amide bonds. The van der Waals surface area contributed by atoms with Crippen molar-refractivity contribution in [2.75, 3.05) is 0 Å². The van der Waals surface area contributed by atoms with Gasteiger partial charge < -0.3 is 13.9 Å². The zero-order chi connectivity index (χ0) is 20.3. The maximum absolute atomic E-state index is 12.1. The van der Waals surface area contributed by atoms with Gasteiger partial charge >= 0.3 is 11.9 Å².